The van der Waals surface area contributed by atoms with E-state index in [4.69, 9.17) is 0 Å². The number of carbonyl (C=O) groups is 1. The van der Waals surface area contributed by atoms with Crippen molar-refractivity contribution in [1.29, 1.82) is 0 Å². The van der Waals surface area contributed by atoms with Crippen LogP contribution in [0, 0.1) is 5.92 Å². The van der Waals surface area contributed by atoms with E-state index in [1.54, 1.807) is 0 Å². The highest BCUT2D eigenvalue weighted by molar-refractivity contribution is 7.90. The lowest BCUT2D eigenvalue weighted by atomic mass is 9.88. The van der Waals surface area contributed by atoms with Crippen LogP contribution in [0.4, 0.5) is 5.69 Å². The van der Waals surface area contributed by atoms with Gasteiger partial charge < -0.3 is 10.2 Å². The van der Waals surface area contributed by atoms with Crippen molar-refractivity contribution in [3.8, 4) is 0 Å². The summed E-state index contributed by atoms with van der Waals surface area (Å²) in [5, 5.41) is 2.70. The summed E-state index contributed by atoms with van der Waals surface area (Å²) < 4.78 is 27.2. The molecule has 0 bridgehead atoms. The summed E-state index contributed by atoms with van der Waals surface area (Å²) in [4.78, 5) is 14.6. The lowest BCUT2D eigenvalue weighted by Crippen LogP contribution is -2.41. The molecule has 1 saturated carbocycles. The second-order valence-electron chi connectivity index (χ2n) is 8.38. The first-order chi connectivity index (χ1) is 13.4. The highest BCUT2D eigenvalue weighted by atomic mass is 32.2. The third kappa shape index (κ3) is 6.87. The summed E-state index contributed by atoms with van der Waals surface area (Å²) in [5.74, 6) is -0.376. The zero-order valence-electron chi connectivity index (χ0n) is 16.8. The van der Waals surface area contributed by atoms with E-state index in [1.807, 2.05) is 24.3 Å². The first-order valence-corrected chi connectivity index (χ1v) is 12.2. The van der Waals surface area contributed by atoms with E-state index in [1.165, 1.54) is 31.5 Å². The minimum Gasteiger partial charge on any atom is -0.325 e. The van der Waals surface area contributed by atoms with Crippen molar-refractivity contribution in [2.75, 3.05) is 30.7 Å². The van der Waals surface area contributed by atoms with E-state index in [2.05, 4.69) is 21.9 Å². The smallest absolute Gasteiger partial charge is 0.240 e. The third-order valence-electron chi connectivity index (χ3n) is 5.84. The molecule has 2 fully saturated rings. The number of benzene rings is 1. The Morgan fingerprint density at radius 1 is 1.07 bits per heavy atom. The largest absolute Gasteiger partial charge is 0.325 e. The standard InChI is InChI=1S/C21H33N3O3S/c1-17-4-8-20(9-5-17)23-28(26,27)16-21(25)22-19-10-6-18(7-11-19)12-15-24-13-2-3-14-24/h6-7,10-11,17,20,23H,2-5,8-9,12-16H2,1H3,(H,22,25). The molecular weight excluding hydrogens is 374 g/mol. The van der Waals surface area contributed by atoms with Gasteiger partial charge in [0.15, 0.2) is 0 Å². The van der Waals surface area contributed by atoms with Crippen LogP contribution in [0.1, 0.15) is 51.0 Å². The number of amides is 1. The maximum atomic E-state index is 12.3. The molecule has 7 heteroatoms. The van der Waals surface area contributed by atoms with Gasteiger partial charge in [-0.15, -0.1) is 0 Å². The zero-order valence-corrected chi connectivity index (χ0v) is 17.6. The number of hydrogen-bond acceptors (Lipinski definition) is 4. The summed E-state index contributed by atoms with van der Waals surface area (Å²) in [6, 6.07) is 7.66. The molecular formula is C21H33N3O3S. The summed E-state index contributed by atoms with van der Waals surface area (Å²) in [7, 11) is -3.61. The number of nitrogens with zero attached hydrogens (tertiary/aromatic N) is 1. The second kappa shape index (κ2) is 9.85. The number of carbonyl (C=O) groups excluding carboxylic acids is 1. The molecule has 3 rings (SSSR count). The summed E-state index contributed by atoms with van der Waals surface area (Å²) in [5.41, 5.74) is 1.86. The molecule has 1 aromatic rings. The monoisotopic (exact) mass is 407 g/mol. The molecule has 1 amide bonds. The van der Waals surface area contributed by atoms with Crippen LogP contribution < -0.4 is 10.0 Å². The van der Waals surface area contributed by atoms with Gasteiger partial charge in [0, 0.05) is 18.3 Å². The minimum atomic E-state index is -3.61. The molecule has 1 aliphatic carbocycles. The van der Waals surface area contributed by atoms with Gasteiger partial charge in [0.1, 0.15) is 5.75 Å². The number of likely N-dealkylation sites (tertiary alicyclic amines) is 1. The van der Waals surface area contributed by atoms with E-state index in [-0.39, 0.29) is 6.04 Å². The molecule has 1 saturated heterocycles. The predicted octanol–water partition coefficient (Wildman–Crippen LogP) is 2.76. The quantitative estimate of drug-likeness (QED) is 0.695. The molecule has 2 N–H and O–H groups in total. The van der Waals surface area contributed by atoms with Crippen LogP contribution in [0.15, 0.2) is 24.3 Å². The third-order valence-corrected chi connectivity index (χ3v) is 7.17. The van der Waals surface area contributed by atoms with Crippen molar-refractivity contribution in [2.24, 2.45) is 5.92 Å². The Hall–Kier alpha value is -1.44. The van der Waals surface area contributed by atoms with Crippen LogP contribution >= 0.6 is 0 Å². The average Bonchev–Trinajstić information content (AvgIpc) is 3.16. The molecule has 0 unspecified atom stereocenters. The van der Waals surface area contributed by atoms with Gasteiger partial charge in [0.2, 0.25) is 15.9 Å². The minimum absolute atomic E-state index is 0.0381. The molecule has 2 aliphatic rings. The fourth-order valence-electron chi connectivity index (χ4n) is 4.09. The van der Waals surface area contributed by atoms with Crippen molar-refractivity contribution in [1.82, 2.24) is 9.62 Å². The highest BCUT2D eigenvalue weighted by Gasteiger charge is 2.24. The van der Waals surface area contributed by atoms with E-state index in [0.717, 1.165) is 38.6 Å². The molecule has 0 aromatic heterocycles. The van der Waals surface area contributed by atoms with Crippen LogP contribution in [0.25, 0.3) is 0 Å². The van der Waals surface area contributed by atoms with Crippen LogP contribution in [0.5, 0.6) is 0 Å². The van der Waals surface area contributed by atoms with Gasteiger partial charge in [0.25, 0.3) is 0 Å². The lowest BCUT2D eigenvalue weighted by molar-refractivity contribution is -0.113. The highest BCUT2D eigenvalue weighted by Crippen LogP contribution is 2.23. The summed E-state index contributed by atoms with van der Waals surface area (Å²) in [6.45, 7) is 5.64. The normalized spacial score (nSPS) is 23.6. The predicted molar refractivity (Wildman–Crippen MR) is 113 cm³/mol. The summed E-state index contributed by atoms with van der Waals surface area (Å²) >= 11 is 0. The van der Waals surface area contributed by atoms with E-state index in [0.29, 0.717) is 11.6 Å². The Morgan fingerprint density at radius 2 is 1.71 bits per heavy atom. The van der Waals surface area contributed by atoms with E-state index >= 15 is 0 Å². The Labute approximate surface area is 169 Å². The first kappa shape index (κ1) is 21.3. The lowest BCUT2D eigenvalue weighted by Gasteiger charge is -2.26. The molecule has 0 atom stereocenters. The van der Waals surface area contributed by atoms with Crippen molar-refractivity contribution in [2.45, 2.75) is 57.9 Å². The average molecular weight is 408 g/mol. The number of rotatable bonds is 8. The van der Waals surface area contributed by atoms with Crippen molar-refractivity contribution in [3.63, 3.8) is 0 Å². The van der Waals surface area contributed by atoms with Crippen molar-refractivity contribution < 1.29 is 13.2 Å². The maximum absolute atomic E-state index is 12.3. The molecule has 0 radical (unpaired) electrons. The molecule has 28 heavy (non-hydrogen) atoms. The van der Waals surface area contributed by atoms with Crippen LogP contribution in [0.3, 0.4) is 0 Å². The van der Waals surface area contributed by atoms with Crippen LogP contribution in [-0.4, -0.2) is 50.7 Å². The summed E-state index contributed by atoms with van der Waals surface area (Å²) in [6.07, 6.45) is 7.34. The second-order valence-corrected chi connectivity index (χ2v) is 10.1. The van der Waals surface area contributed by atoms with E-state index < -0.39 is 21.7 Å². The fourth-order valence-corrected chi connectivity index (χ4v) is 5.34. The topological polar surface area (TPSA) is 78.5 Å². The molecule has 1 aromatic carbocycles. The van der Waals surface area contributed by atoms with Crippen molar-refractivity contribution in [3.05, 3.63) is 29.8 Å². The van der Waals surface area contributed by atoms with Crippen LogP contribution in [-0.2, 0) is 21.2 Å². The van der Waals surface area contributed by atoms with Crippen molar-refractivity contribution >= 4 is 21.6 Å². The molecule has 1 heterocycles. The fraction of sp³-hybridized carbons (Fsp3) is 0.667. The first-order valence-electron chi connectivity index (χ1n) is 10.5. The number of nitrogens with one attached hydrogen (secondary N) is 2. The molecule has 156 valence electrons. The van der Waals surface area contributed by atoms with Gasteiger partial charge in [-0.1, -0.05) is 19.1 Å². The van der Waals surface area contributed by atoms with E-state index in [9.17, 15) is 13.2 Å². The van der Waals surface area contributed by atoms with Gasteiger partial charge in [-0.05, 0) is 81.6 Å². The Bertz CT molecular complexity index is 735. The Morgan fingerprint density at radius 3 is 2.36 bits per heavy atom. The molecule has 1 aliphatic heterocycles. The Kier molecular flexibility index (Phi) is 7.48. The number of anilines is 1. The Balaban J connectivity index is 1.43. The molecule has 6 nitrogen and oxygen atoms in total. The van der Waals surface area contributed by atoms with Gasteiger partial charge in [-0.3, -0.25) is 4.79 Å². The van der Waals surface area contributed by atoms with Gasteiger partial charge in [0.05, 0.1) is 0 Å². The van der Waals surface area contributed by atoms with Gasteiger partial charge in [-0.2, -0.15) is 0 Å². The zero-order chi connectivity index (χ0) is 20.0. The number of hydrogen-bond donors (Lipinski definition) is 2. The van der Waals surface area contributed by atoms with Gasteiger partial charge >= 0.3 is 0 Å². The van der Waals surface area contributed by atoms with Gasteiger partial charge in [-0.25, -0.2) is 13.1 Å². The molecule has 0 spiro atoms. The maximum Gasteiger partial charge on any atom is 0.240 e. The number of sulfonamides is 1. The van der Waals surface area contributed by atoms with Crippen LogP contribution in [0.2, 0.25) is 0 Å². The SMILES string of the molecule is CC1CCC(NS(=O)(=O)CC(=O)Nc2ccc(CCN3CCCC3)cc2)CC1.